The van der Waals surface area contributed by atoms with Crippen LogP contribution in [0.25, 0.3) is 0 Å². The van der Waals surface area contributed by atoms with Crippen molar-refractivity contribution in [1.82, 2.24) is 0 Å². The zero-order valence-electron chi connectivity index (χ0n) is 24.2. The maximum absolute atomic E-state index is 12.6. The van der Waals surface area contributed by atoms with Crippen molar-refractivity contribution in [3.05, 3.63) is 35.5 Å². The van der Waals surface area contributed by atoms with Crippen molar-refractivity contribution in [3.8, 4) is 0 Å². The normalized spacial score (nSPS) is 43.9. The quantitative estimate of drug-likeness (QED) is 0.182. The van der Waals surface area contributed by atoms with Crippen LogP contribution < -0.4 is 0 Å². The Morgan fingerprint density at radius 3 is 2.35 bits per heavy atom. The standard InChI is InChI=1S/C32H48O5/c1-20(27(34)35)10-9-11-21(2)29(6)16-14-23-24-12-13-25-28(4,5)26(37-22(3)33)15-17-31(25,8)32(24,36)19-18-30(23,29)7/h9-11,14,21,24-26,36H,12-13,15-19H2,1-8H3,(H,34,35)/b11-9-,20-10+/t21-,24+,25+,26+,29+,30-,31+,32-/m1/s1. The molecule has 0 aliphatic heterocycles. The number of allylic oxidation sites excluding steroid dienone is 4. The number of ether oxygens (including phenoxy) is 1. The first kappa shape index (κ1) is 28.1. The molecule has 0 amide bonds. The summed E-state index contributed by atoms with van der Waals surface area (Å²) >= 11 is 0. The van der Waals surface area contributed by atoms with Crippen molar-refractivity contribution in [2.24, 2.45) is 39.4 Å². The Labute approximate surface area is 223 Å². The van der Waals surface area contributed by atoms with E-state index in [1.54, 1.807) is 13.0 Å². The second kappa shape index (κ2) is 9.10. The number of hydrogen-bond acceptors (Lipinski definition) is 4. The monoisotopic (exact) mass is 512 g/mol. The molecule has 4 aliphatic carbocycles. The lowest BCUT2D eigenvalue weighted by Gasteiger charge is -2.68. The van der Waals surface area contributed by atoms with Gasteiger partial charge in [0.2, 0.25) is 0 Å². The van der Waals surface area contributed by atoms with Gasteiger partial charge in [-0.15, -0.1) is 0 Å². The van der Waals surface area contributed by atoms with Crippen molar-refractivity contribution in [3.63, 3.8) is 0 Å². The van der Waals surface area contributed by atoms with E-state index in [4.69, 9.17) is 4.74 Å². The zero-order chi connectivity index (χ0) is 27.6. The third-order valence-electron chi connectivity index (χ3n) is 12.2. The molecular formula is C32H48O5. The Balaban J connectivity index is 1.62. The summed E-state index contributed by atoms with van der Waals surface area (Å²) < 4.78 is 5.79. The van der Waals surface area contributed by atoms with E-state index in [1.807, 2.05) is 6.08 Å². The summed E-state index contributed by atoms with van der Waals surface area (Å²) in [4.78, 5) is 23.0. The summed E-state index contributed by atoms with van der Waals surface area (Å²) in [6, 6.07) is 0. The van der Waals surface area contributed by atoms with Crippen LogP contribution >= 0.6 is 0 Å². The Bertz CT molecular complexity index is 1050. The first-order valence-corrected chi connectivity index (χ1v) is 14.2. The van der Waals surface area contributed by atoms with E-state index in [9.17, 15) is 19.8 Å². The van der Waals surface area contributed by atoms with Crippen LogP contribution in [-0.2, 0) is 14.3 Å². The minimum atomic E-state index is -0.888. The van der Waals surface area contributed by atoms with Crippen LogP contribution in [0.2, 0.25) is 0 Å². The van der Waals surface area contributed by atoms with E-state index in [-0.39, 0.29) is 45.6 Å². The number of fused-ring (bicyclic) bond motifs is 5. The molecule has 3 fully saturated rings. The Kier molecular flexibility index (Phi) is 6.92. The predicted molar refractivity (Wildman–Crippen MR) is 146 cm³/mol. The topological polar surface area (TPSA) is 83.8 Å². The van der Waals surface area contributed by atoms with Crippen LogP contribution in [-0.4, -0.2) is 33.9 Å². The lowest BCUT2D eigenvalue weighted by atomic mass is 9.39. The van der Waals surface area contributed by atoms with Gasteiger partial charge < -0.3 is 14.9 Å². The maximum atomic E-state index is 12.6. The molecule has 3 saturated carbocycles. The van der Waals surface area contributed by atoms with Gasteiger partial charge in [-0.1, -0.05) is 71.4 Å². The van der Waals surface area contributed by atoms with Gasteiger partial charge in [0.05, 0.1) is 5.60 Å². The van der Waals surface area contributed by atoms with Crippen molar-refractivity contribution in [1.29, 1.82) is 0 Å². The summed E-state index contributed by atoms with van der Waals surface area (Å²) in [7, 11) is 0. The molecule has 0 aromatic heterocycles. The average Bonchev–Trinajstić information content (AvgIpc) is 3.08. The number of carboxylic acid groups (broad SMARTS) is 1. The largest absolute Gasteiger partial charge is 0.478 e. The van der Waals surface area contributed by atoms with Crippen molar-refractivity contribution < 1.29 is 24.5 Å². The van der Waals surface area contributed by atoms with Gasteiger partial charge in [0.15, 0.2) is 0 Å². The fourth-order valence-electron chi connectivity index (χ4n) is 9.32. The molecule has 0 bridgehead atoms. The highest BCUT2D eigenvalue weighted by atomic mass is 16.5. The van der Waals surface area contributed by atoms with Crippen LogP contribution in [0, 0.1) is 39.4 Å². The number of aliphatic hydroxyl groups is 1. The van der Waals surface area contributed by atoms with Gasteiger partial charge in [-0.05, 0) is 74.5 Å². The summed E-state index contributed by atoms with van der Waals surface area (Å²) in [6.07, 6.45) is 14.5. The molecule has 8 atom stereocenters. The molecular weight excluding hydrogens is 464 g/mol. The molecule has 206 valence electrons. The number of hydrogen-bond donors (Lipinski definition) is 2. The first-order chi connectivity index (χ1) is 17.0. The molecule has 4 rings (SSSR count). The third-order valence-corrected chi connectivity index (χ3v) is 12.2. The smallest absolute Gasteiger partial charge is 0.331 e. The average molecular weight is 513 g/mol. The van der Waals surface area contributed by atoms with Crippen LogP contribution in [0.4, 0.5) is 0 Å². The lowest BCUT2D eigenvalue weighted by Crippen LogP contribution is -2.68. The maximum Gasteiger partial charge on any atom is 0.331 e. The molecule has 0 aromatic rings. The molecule has 0 aromatic carbocycles. The third kappa shape index (κ3) is 3.97. The number of carboxylic acids is 1. The van der Waals surface area contributed by atoms with Crippen LogP contribution in [0.15, 0.2) is 35.5 Å². The SMILES string of the molecule is CC(=O)O[C@H]1CC[C@@]2(C)[C@@H](CC[C@H]3C4=CC[C@@](C)([C@H](C)/C=C\C=C(/C)C(=O)O)[C@]4(C)CC[C@@]32O)C1(C)C. The van der Waals surface area contributed by atoms with E-state index in [1.165, 1.54) is 12.5 Å². The van der Waals surface area contributed by atoms with Gasteiger partial charge in [0, 0.05) is 29.2 Å². The zero-order valence-corrected chi connectivity index (χ0v) is 24.2. The van der Waals surface area contributed by atoms with Gasteiger partial charge in [0.1, 0.15) is 6.10 Å². The van der Waals surface area contributed by atoms with E-state index in [0.29, 0.717) is 11.5 Å². The minimum absolute atomic E-state index is 0.00708. The number of aliphatic carboxylic acids is 1. The van der Waals surface area contributed by atoms with Gasteiger partial charge in [-0.25, -0.2) is 4.79 Å². The summed E-state index contributed by atoms with van der Waals surface area (Å²) in [6.45, 7) is 16.9. The number of esters is 1. The predicted octanol–water partition coefficient (Wildman–Crippen LogP) is 6.86. The molecule has 4 aliphatic rings. The van der Waals surface area contributed by atoms with E-state index >= 15 is 0 Å². The van der Waals surface area contributed by atoms with Crippen LogP contribution in [0.3, 0.4) is 0 Å². The summed E-state index contributed by atoms with van der Waals surface area (Å²) in [5.41, 5.74) is 0.625. The molecule has 0 unspecified atom stereocenters. The Morgan fingerprint density at radius 2 is 1.73 bits per heavy atom. The molecule has 0 spiro atoms. The molecule has 5 nitrogen and oxygen atoms in total. The second-order valence-corrected chi connectivity index (χ2v) is 13.9. The van der Waals surface area contributed by atoms with Gasteiger partial charge in [0.25, 0.3) is 0 Å². The molecule has 5 heteroatoms. The molecule has 0 saturated heterocycles. The molecule has 2 N–H and O–H groups in total. The lowest BCUT2D eigenvalue weighted by molar-refractivity contribution is -0.245. The highest BCUT2D eigenvalue weighted by molar-refractivity contribution is 5.86. The fourth-order valence-corrected chi connectivity index (χ4v) is 9.32. The molecule has 0 radical (unpaired) electrons. The van der Waals surface area contributed by atoms with E-state index < -0.39 is 11.6 Å². The van der Waals surface area contributed by atoms with E-state index in [2.05, 4.69) is 53.7 Å². The van der Waals surface area contributed by atoms with Gasteiger partial charge >= 0.3 is 11.9 Å². The molecule has 37 heavy (non-hydrogen) atoms. The Morgan fingerprint density at radius 1 is 1.05 bits per heavy atom. The Hall–Kier alpha value is -1.88. The fraction of sp³-hybridized carbons (Fsp3) is 0.750. The number of carbonyl (C=O) groups excluding carboxylic acids is 1. The van der Waals surface area contributed by atoms with Crippen molar-refractivity contribution in [2.75, 3.05) is 0 Å². The first-order valence-electron chi connectivity index (χ1n) is 14.2. The molecule has 0 heterocycles. The van der Waals surface area contributed by atoms with E-state index in [0.717, 1.165) is 44.9 Å². The van der Waals surface area contributed by atoms with Gasteiger partial charge in [-0.2, -0.15) is 0 Å². The summed E-state index contributed by atoms with van der Waals surface area (Å²) in [5.74, 6) is -0.389. The number of rotatable bonds is 5. The second-order valence-electron chi connectivity index (χ2n) is 13.9. The van der Waals surface area contributed by atoms with Crippen LogP contribution in [0.5, 0.6) is 0 Å². The minimum Gasteiger partial charge on any atom is -0.478 e. The highest BCUT2D eigenvalue weighted by Crippen LogP contribution is 2.72. The van der Waals surface area contributed by atoms with Crippen molar-refractivity contribution in [2.45, 2.75) is 112 Å². The highest BCUT2D eigenvalue weighted by Gasteiger charge is 2.69. The van der Waals surface area contributed by atoms with Gasteiger partial charge in [-0.3, -0.25) is 4.79 Å². The van der Waals surface area contributed by atoms with Crippen LogP contribution in [0.1, 0.15) is 100 Å². The number of carbonyl (C=O) groups is 2. The summed E-state index contributed by atoms with van der Waals surface area (Å²) in [5, 5.41) is 21.8. The van der Waals surface area contributed by atoms with Crippen molar-refractivity contribution >= 4 is 11.9 Å².